The SMILES string of the molecule is CCCCCCC/C=C\C/C=C\CCCCCCCCCCCCCCCCCCCCCCCCCCCC(=O)OC(COC(=O)CCCCCCCCCCCCC/C=C\C/C=C\CCCCCCC)COC(OCC[N+](C)(C)C)C(=O)[O-]. The predicted octanol–water partition coefficient (Wildman–Crippen LogP) is 21.6. The van der Waals surface area contributed by atoms with Crippen LogP contribution in [0.2, 0.25) is 0 Å². The number of likely N-dealkylation sites (N-methyl/N-ethyl adjacent to an activating group) is 1. The second-order valence-corrected chi connectivity index (χ2v) is 26.2. The highest BCUT2D eigenvalue weighted by Crippen LogP contribution is 2.19. The lowest BCUT2D eigenvalue weighted by Crippen LogP contribution is -2.44. The molecule has 0 amide bonds. The van der Waals surface area contributed by atoms with E-state index in [0.717, 1.165) is 51.4 Å². The molecule has 0 saturated heterocycles. The van der Waals surface area contributed by atoms with Gasteiger partial charge in [-0.2, -0.15) is 0 Å². The fraction of sp³-hybridized carbons (Fsp3) is 0.855. The van der Waals surface area contributed by atoms with Crippen molar-refractivity contribution in [2.45, 2.75) is 373 Å². The maximum Gasteiger partial charge on any atom is 0.306 e. The van der Waals surface area contributed by atoms with Crippen molar-refractivity contribution < 1.29 is 42.9 Å². The van der Waals surface area contributed by atoms with E-state index in [-0.39, 0.29) is 32.2 Å². The summed E-state index contributed by atoms with van der Waals surface area (Å²) in [6, 6.07) is 0. The van der Waals surface area contributed by atoms with Crippen LogP contribution in [0, 0.1) is 0 Å². The summed E-state index contributed by atoms with van der Waals surface area (Å²) in [6.45, 7) is 4.78. The molecule has 9 heteroatoms. The normalized spacial score (nSPS) is 12.9. The van der Waals surface area contributed by atoms with Gasteiger partial charge >= 0.3 is 11.9 Å². The van der Waals surface area contributed by atoms with Gasteiger partial charge in [-0.1, -0.05) is 319 Å². The van der Waals surface area contributed by atoms with Crippen molar-refractivity contribution in [3.8, 4) is 0 Å². The molecule has 0 N–H and O–H groups in total. The zero-order valence-corrected chi connectivity index (χ0v) is 57.0. The van der Waals surface area contributed by atoms with Gasteiger partial charge in [0.2, 0.25) is 0 Å². The highest BCUT2D eigenvalue weighted by Gasteiger charge is 2.22. The second kappa shape index (κ2) is 67.2. The van der Waals surface area contributed by atoms with Crippen LogP contribution in [-0.4, -0.2) is 82.3 Å². The first-order chi connectivity index (χ1) is 41.6. The van der Waals surface area contributed by atoms with Gasteiger partial charge in [0, 0.05) is 12.8 Å². The van der Waals surface area contributed by atoms with Crippen LogP contribution in [0.3, 0.4) is 0 Å². The Morgan fingerprint density at radius 2 is 0.635 bits per heavy atom. The van der Waals surface area contributed by atoms with E-state index in [1.807, 2.05) is 21.1 Å². The van der Waals surface area contributed by atoms with Crippen LogP contribution in [0.25, 0.3) is 0 Å². The van der Waals surface area contributed by atoms with Gasteiger partial charge in [0.1, 0.15) is 13.2 Å². The van der Waals surface area contributed by atoms with Crippen molar-refractivity contribution in [2.75, 3.05) is 47.5 Å². The van der Waals surface area contributed by atoms with Gasteiger partial charge in [0.05, 0.1) is 40.3 Å². The molecule has 0 aliphatic heterocycles. The molecule has 0 rings (SSSR count). The molecule has 0 aromatic carbocycles. The molecular weight excluding hydrogens is 1050 g/mol. The minimum atomic E-state index is -1.62. The van der Waals surface area contributed by atoms with Crippen LogP contribution >= 0.6 is 0 Å². The summed E-state index contributed by atoms with van der Waals surface area (Å²) in [5, 5.41) is 11.8. The monoisotopic (exact) mass is 1200 g/mol. The first-order valence-electron chi connectivity index (χ1n) is 36.8. The van der Waals surface area contributed by atoms with Gasteiger partial charge in [-0.05, 0) is 77.0 Å². The number of aliphatic carboxylic acids is 1. The van der Waals surface area contributed by atoms with Gasteiger partial charge in [-0.15, -0.1) is 0 Å². The standard InChI is InChI=1S/C76H141NO8/c1-6-8-10-12-14-16-18-20-22-24-26-28-30-31-32-33-34-35-36-37-38-39-40-41-42-43-45-47-49-51-53-55-57-59-61-63-65-67-74(79)85-72(71-84-76(75(80)81)82-69-68-77(3,4)5)70-83-73(78)66-64-62-60-58-56-54-52-50-48-46-44-29-27-25-23-21-19-17-15-13-11-9-7-2/h18-21,24-27,72,76H,6-17,22-23,28-71H2,1-5H3/b20-18-,21-19-,26-24-,27-25-. The van der Waals surface area contributed by atoms with Crippen molar-refractivity contribution in [2.24, 2.45) is 0 Å². The minimum absolute atomic E-state index is 0.149. The molecule has 9 nitrogen and oxygen atoms in total. The van der Waals surface area contributed by atoms with Gasteiger partial charge < -0.3 is 33.3 Å². The van der Waals surface area contributed by atoms with Crippen molar-refractivity contribution in [3.63, 3.8) is 0 Å². The number of carboxylic acid groups (broad SMARTS) is 1. The van der Waals surface area contributed by atoms with E-state index in [4.69, 9.17) is 18.9 Å². The van der Waals surface area contributed by atoms with Gasteiger partial charge in [-0.25, -0.2) is 0 Å². The highest BCUT2D eigenvalue weighted by atomic mass is 16.7. The summed E-state index contributed by atoms with van der Waals surface area (Å²) in [5.41, 5.74) is 0. The molecule has 0 aliphatic rings. The third kappa shape index (κ3) is 68.6. The summed E-state index contributed by atoms with van der Waals surface area (Å²) in [6.07, 6.45) is 83.6. The van der Waals surface area contributed by atoms with E-state index >= 15 is 0 Å². The number of nitrogens with zero attached hydrogens (tertiary/aromatic N) is 1. The van der Waals surface area contributed by atoms with Gasteiger partial charge in [0.15, 0.2) is 12.4 Å². The van der Waals surface area contributed by atoms with Crippen LogP contribution < -0.4 is 5.11 Å². The number of hydrogen-bond acceptors (Lipinski definition) is 8. The van der Waals surface area contributed by atoms with Crippen molar-refractivity contribution in [1.82, 2.24) is 0 Å². The predicted molar refractivity (Wildman–Crippen MR) is 362 cm³/mol. The first kappa shape index (κ1) is 82.2. The number of carbonyl (C=O) groups excluding carboxylic acids is 3. The molecule has 85 heavy (non-hydrogen) atoms. The Bertz CT molecular complexity index is 1530. The lowest BCUT2D eigenvalue weighted by atomic mass is 10.0. The molecular formula is C76H141NO8. The van der Waals surface area contributed by atoms with Crippen LogP contribution in [-0.2, 0) is 33.3 Å². The smallest absolute Gasteiger partial charge is 0.306 e. The van der Waals surface area contributed by atoms with E-state index in [1.165, 1.54) is 283 Å². The third-order valence-electron chi connectivity index (χ3n) is 16.5. The van der Waals surface area contributed by atoms with Gasteiger partial charge in [-0.3, -0.25) is 9.59 Å². The number of hydrogen-bond donors (Lipinski definition) is 0. The lowest BCUT2D eigenvalue weighted by Gasteiger charge is -2.26. The first-order valence-corrected chi connectivity index (χ1v) is 36.8. The molecule has 2 atom stereocenters. The van der Waals surface area contributed by atoms with Crippen LogP contribution in [0.1, 0.15) is 361 Å². The number of carbonyl (C=O) groups is 3. The Hall–Kier alpha value is -2.75. The van der Waals surface area contributed by atoms with Crippen molar-refractivity contribution in [1.29, 1.82) is 0 Å². The van der Waals surface area contributed by atoms with E-state index in [0.29, 0.717) is 17.4 Å². The Labute approximate surface area is 527 Å². The highest BCUT2D eigenvalue weighted by molar-refractivity contribution is 5.70. The van der Waals surface area contributed by atoms with Crippen LogP contribution in [0.15, 0.2) is 48.6 Å². The molecule has 0 aliphatic carbocycles. The number of ether oxygens (including phenoxy) is 4. The average molecular weight is 1200 g/mol. The van der Waals surface area contributed by atoms with E-state index < -0.39 is 24.3 Å². The molecule has 0 aromatic rings. The molecule has 0 saturated carbocycles. The molecule has 0 fully saturated rings. The zero-order chi connectivity index (χ0) is 61.9. The summed E-state index contributed by atoms with van der Waals surface area (Å²) >= 11 is 0. The number of unbranched alkanes of at least 4 members (excludes halogenated alkanes) is 46. The minimum Gasteiger partial charge on any atom is -0.545 e. The fourth-order valence-electron chi connectivity index (χ4n) is 10.9. The zero-order valence-electron chi connectivity index (χ0n) is 57.0. The summed E-state index contributed by atoms with van der Waals surface area (Å²) in [7, 11) is 5.94. The molecule has 0 heterocycles. The molecule has 0 radical (unpaired) electrons. The topological polar surface area (TPSA) is 111 Å². The Morgan fingerprint density at radius 3 is 0.929 bits per heavy atom. The van der Waals surface area contributed by atoms with Crippen molar-refractivity contribution in [3.05, 3.63) is 48.6 Å². The number of carboxylic acids is 1. The van der Waals surface area contributed by atoms with E-state index in [1.54, 1.807) is 0 Å². The van der Waals surface area contributed by atoms with Gasteiger partial charge in [0.25, 0.3) is 0 Å². The Kier molecular flexibility index (Phi) is 65.0. The number of allylic oxidation sites excluding steroid dienone is 8. The maximum atomic E-state index is 12.9. The Balaban J connectivity index is 4.00. The van der Waals surface area contributed by atoms with Crippen LogP contribution in [0.5, 0.6) is 0 Å². The summed E-state index contributed by atoms with van der Waals surface area (Å²) < 4.78 is 22.8. The van der Waals surface area contributed by atoms with Crippen LogP contribution in [0.4, 0.5) is 0 Å². The number of quaternary nitrogens is 1. The lowest BCUT2D eigenvalue weighted by molar-refractivity contribution is -0.870. The second-order valence-electron chi connectivity index (χ2n) is 26.2. The molecule has 498 valence electrons. The maximum absolute atomic E-state index is 12.9. The largest absolute Gasteiger partial charge is 0.545 e. The molecule has 0 bridgehead atoms. The summed E-state index contributed by atoms with van der Waals surface area (Å²) in [4.78, 5) is 37.5. The fourth-order valence-corrected chi connectivity index (χ4v) is 10.9. The van der Waals surface area contributed by atoms with E-state index in [2.05, 4.69) is 62.5 Å². The van der Waals surface area contributed by atoms with E-state index in [9.17, 15) is 19.5 Å². The number of esters is 2. The number of rotatable bonds is 69. The molecule has 2 unspecified atom stereocenters. The molecule has 0 spiro atoms. The quantitative estimate of drug-likeness (QED) is 0.0195. The Morgan fingerprint density at radius 1 is 0.353 bits per heavy atom. The third-order valence-corrected chi connectivity index (χ3v) is 16.5. The van der Waals surface area contributed by atoms with Crippen molar-refractivity contribution >= 4 is 17.9 Å². The average Bonchev–Trinajstić information content (AvgIpc) is 3.48. The molecule has 0 aromatic heterocycles. The summed E-state index contributed by atoms with van der Waals surface area (Å²) in [5.74, 6) is -2.26.